The van der Waals surface area contributed by atoms with Crippen molar-refractivity contribution >= 4 is 32.6 Å². The van der Waals surface area contributed by atoms with Crippen molar-refractivity contribution < 1.29 is 4.79 Å². The largest absolute Gasteiger partial charge is 0.287 e. The van der Waals surface area contributed by atoms with Crippen LogP contribution in [0.15, 0.2) is 77.5 Å². The second kappa shape index (κ2) is 6.02. The molecule has 24 heavy (non-hydrogen) atoms. The van der Waals surface area contributed by atoms with E-state index in [9.17, 15) is 4.79 Å². The van der Waals surface area contributed by atoms with Crippen molar-refractivity contribution in [1.82, 2.24) is 14.5 Å². The van der Waals surface area contributed by atoms with Crippen LogP contribution >= 0.6 is 15.9 Å². The Morgan fingerprint density at radius 2 is 1.62 bits per heavy atom. The number of fused-ring (bicyclic) bond motifs is 1. The minimum atomic E-state index is -0.0637. The summed E-state index contributed by atoms with van der Waals surface area (Å²) >= 11 is 3.39. The first kappa shape index (κ1) is 14.8. The highest BCUT2D eigenvalue weighted by molar-refractivity contribution is 9.10. The molecule has 0 atom stereocenters. The van der Waals surface area contributed by atoms with E-state index in [2.05, 4.69) is 25.9 Å². The molecule has 5 heteroatoms. The zero-order valence-corrected chi connectivity index (χ0v) is 14.1. The molecule has 0 radical (unpaired) electrons. The van der Waals surface area contributed by atoms with Crippen molar-refractivity contribution in [3.63, 3.8) is 0 Å². The Bertz CT molecular complexity index is 1020. The van der Waals surface area contributed by atoms with E-state index < -0.39 is 0 Å². The molecule has 2 heterocycles. The van der Waals surface area contributed by atoms with E-state index in [1.165, 1.54) is 0 Å². The van der Waals surface area contributed by atoms with E-state index in [0.29, 0.717) is 17.2 Å². The Hall–Kier alpha value is -2.79. The predicted octanol–water partition coefficient (Wildman–Crippen LogP) is 4.41. The fourth-order valence-corrected chi connectivity index (χ4v) is 2.96. The molecular formula is C19H12BrN3O. The lowest BCUT2D eigenvalue weighted by molar-refractivity contribution is 0.103. The van der Waals surface area contributed by atoms with Crippen LogP contribution in [0.4, 0.5) is 0 Å². The summed E-state index contributed by atoms with van der Waals surface area (Å²) in [6.45, 7) is 0. The van der Waals surface area contributed by atoms with Crippen molar-refractivity contribution in [2.24, 2.45) is 0 Å². The van der Waals surface area contributed by atoms with E-state index >= 15 is 0 Å². The molecule has 0 unspecified atom stereocenters. The molecule has 0 fully saturated rings. The standard InChI is InChI=1S/C19H12BrN3O/c20-15-8-6-13(7-9-15)18(24)17-12-14-4-1-2-5-16(14)23(17)19-21-10-3-11-22-19/h1-12H. The van der Waals surface area contributed by atoms with Crippen LogP contribution in [0.1, 0.15) is 16.1 Å². The van der Waals surface area contributed by atoms with Gasteiger partial charge in [-0.3, -0.25) is 9.36 Å². The van der Waals surface area contributed by atoms with Gasteiger partial charge in [-0.15, -0.1) is 0 Å². The Labute approximate surface area is 146 Å². The first-order chi connectivity index (χ1) is 11.7. The monoisotopic (exact) mass is 377 g/mol. The lowest BCUT2D eigenvalue weighted by Crippen LogP contribution is -2.11. The van der Waals surface area contributed by atoms with Gasteiger partial charge in [0, 0.05) is 27.8 Å². The van der Waals surface area contributed by atoms with E-state index in [0.717, 1.165) is 15.4 Å². The van der Waals surface area contributed by atoms with Crippen molar-refractivity contribution in [3.8, 4) is 5.95 Å². The summed E-state index contributed by atoms with van der Waals surface area (Å²) in [4.78, 5) is 21.7. The number of halogens is 1. The van der Waals surface area contributed by atoms with Gasteiger partial charge in [-0.25, -0.2) is 9.97 Å². The molecule has 0 bridgehead atoms. The number of aromatic nitrogens is 3. The van der Waals surface area contributed by atoms with Gasteiger partial charge in [-0.2, -0.15) is 0 Å². The highest BCUT2D eigenvalue weighted by Crippen LogP contribution is 2.25. The molecule has 4 nitrogen and oxygen atoms in total. The highest BCUT2D eigenvalue weighted by atomic mass is 79.9. The Morgan fingerprint density at radius 3 is 2.38 bits per heavy atom. The van der Waals surface area contributed by atoms with Crippen molar-refractivity contribution in [3.05, 3.63) is 88.8 Å². The van der Waals surface area contributed by atoms with Crippen LogP contribution in [0.25, 0.3) is 16.9 Å². The molecule has 0 aliphatic heterocycles. The van der Waals surface area contributed by atoms with Crippen LogP contribution in [-0.2, 0) is 0 Å². The van der Waals surface area contributed by atoms with Crippen molar-refractivity contribution in [1.29, 1.82) is 0 Å². The Kier molecular flexibility index (Phi) is 3.70. The summed E-state index contributed by atoms with van der Waals surface area (Å²) in [5.41, 5.74) is 2.08. The third-order valence-electron chi connectivity index (χ3n) is 3.80. The summed E-state index contributed by atoms with van der Waals surface area (Å²) in [5.74, 6) is 0.422. The summed E-state index contributed by atoms with van der Waals surface area (Å²) in [6, 6.07) is 18.8. The molecular weight excluding hydrogens is 366 g/mol. The van der Waals surface area contributed by atoms with Crippen LogP contribution in [-0.4, -0.2) is 20.3 Å². The van der Waals surface area contributed by atoms with E-state index in [1.807, 2.05) is 42.5 Å². The first-order valence-electron chi connectivity index (χ1n) is 7.42. The van der Waals surface area contributed by atoms with Gasteiger partial charge in [-0.1, -0.05) is 34.1 Å². The van der Waals surface area contributed by atoms with Gasteiger partial charge in [-0.05, 0) is 42.5 Å². The molecule has 4 aromatic rings. The summed E-state index contributed by atoms with van der Waals surface area (Å²) in [5, 5.41) is 0.977. The van der Waals surface area contributed by atoms with Gasteiger partial charge in [0.15, 0.2) is 0 Å². The topological polar surface area (TPSA) is 47.8 Å². The van der Waals surface area contributed by atoms with Gasteiger partial charge in [0.05, 0.1) is 11.2 Å². The van der Waals surface area contributed by atoms with Gasteiger partial charge >= 0.3 is 0 Å². The molecule has 116 valence electrons. The summed E-state index contributed by atoms with van der Waals surface area (Å²) < 4.78 is 2.74. The maximum absolute atomic E-state index is 13.0. The third kappa shape index (κ3) is 2.53. The van der Waals surface area contributed by atoms with Crippen LogP contribution < -0.4 is 0 Å². The van der Waals surface area contributed by atoms with Crippen molar-refractivity contribution in [2.75, 3.05) is 0 Å². The molecule has 0 saturated carbocycles. The Balaban J connectivity index is 1.95. The van der Waals surface area contributed by atoms with Crippen LogP contribution in [0.5, 0.6) is 0 Å². The average molecular weight is 378 g/mol. The summed E-state index contributed by atoms with van der Waals surface area (Å²) in [7, 11) is 0. The second-order valence-electron chi connectivity index (χ2n) is 5.31. The maximum atomic E-state index is 13.0. The number of ketones is 1. The van der Waals surface area contributed by atoms with E-state index in [1.54, 1.807) is 35.2 Å². The Morgan fingerprint density at radius 1 is 0.917 bits per heavy atom. The predicted molar refractivity (Wildman–Crippen MR) is 96.4 cm³/mol. The average Bonchev–Trinajstić information content (AvgIpc) is 3.02. The molecule has 2 aromatic carbocycles. The van der Waals surface area contributed by atoms with E-state index in [4.69, 9.17) is 0 Å². The fourth-order valence-electron chi connectivity index (χ4n) is 2.69. The SMILES string of the molecule is O=C(c1ccc(Br)cc1)c1cc2ccccc2n1-c1ncccn1. The van der Waals surface area contributed by atoms with Crippen LogP contribution in [0.3, 0.4) is 0 Å². The lowest BCUT2D eigenvalue weighted by Gasteiger charge is -2.08. The maximum Gasteiger partial charge on any atom is 0.234 e. The highest BCUT2D eigenvalue weighted by Gasteiger charge is 2.19. The second-order valence-corrected chi connectivity index (χ2v) is 6.22. The molecule has 4 rings (SSSR count). The molecule has 0 aliphatic carbocycles. The zero-order valence-electron chi connectivity index (χ0n) is 12.6. The van der Waals surface area contributed by atoms with Crippen LogP contribution in [0.2, 0.25) is 0 Å². The number of rotatable bonds is 3. The number of nitrogens with zero attached hydrogens (tertiary/aromatic N) is 3. The number of hydrogen-bond acceptors (Lipinski definition) is 3. The number of carbonyl (C=O) groups is 1. The minimum absolute atomic E-state index is 0.0637. The number of para-hydroxylation sites is 1. The smallest absolute Gasteiger partial charge is 0.234 e. The molecule has 2 aromatic heterocycles. The van der Waals surface area contributed by atoms with Gasteiger partial charge in [0.2, 0.25) is 11.7 Å². The first-order valence-corrected chi connectivity index (χ1v) is 8.21. The fraction of sp³-hybridized carbons (Fsp3) is 0. The van der Waals surface area contributed by atoms with Crippen molar-refractivity contribution in [2.45, 2.75) is 0 Å². The third-order valence-corrected chi connectivity index (χ3v) is 4.33. The summed E-state index contributed by atoms with van der Waals surface area (Å²) in [6.07, 6.45) is 3.34. The molecule has 0 amide bonds. The van der Waals surface area contributed by atoms with Gasteiger partial charge in [0.25, 0.3) is 0 Å². The molecule has 0 saturated heterocycles. The number of hydrogen-bond donors (Lipinski definition) is 0. The number of carbonyl (C=O) groups excluding carboxylic acids is 1. The van der Waals surface area contributed by atoms with Gasteiger partial charge in [0.1, 0.15) is 0 Å². The lowest BCUT2D eigenvalue weighted by atomic mass is 10.1. The van der Waals surface area contributed by atoms with Gasteiger partial charge < -0.3 is 0 Å². The quantitative estimate of drug-likeness (QED) is 0.496. The number of benzene rings is 2. The zero-order chi connectivity index (χ0) is 16.5. The van der Waals surface area contributed by atoms with E-state index in [-0.39, 0.29) is 5.78 Å². The minimum Gasteiger partial charge on any atom is -0.287 e. The molecule has 0 aliphatic rings. The molecule has 0 N–H and O–H groups in total. The normalized spacial score (nSPS) is 10.9. The van der Waals surface area contributed by atoms with Crippen LogP contribution in [0, 0.1) is 0 Å². The molecule has 0 spiro atoms.